The standard InChI is InChI=1S/C27H37BrN2O3/c1-7-20(6)29-27(32)24(8-2)30(16-22-12-10-9-11-19(22)5)26(31)17-33-25-14-13-21(18(3)4)15-23(25)28/h9-15,18,20,24H,7-8,16-17H2,1-6H3,(H,29,32). The number of rotatable bonds is 11. The number of hydrogen-bond donors (Lipinski definition) is 1. The van der Waals surface area contributed by atoms with E-state index in [1.807, 2.05) is 70.2 Å². The van der Waals surface area contributed by atoms with Gasteiger partial charge in [-0.15, -0.1) is 0 Å². The molecule has 2 rings (SSSR count). The molecule has 2 amide bonds. The van der Waals surface area contributed by atoms with Gasteiger partial charge in [0, 0.05) is 12.6 Å². The lowest BCUT2D eigenvalue weighted by atomic mass is 10.0. The molecule has 0 aliphatic rings. The summed E-state index contributed by atoms with van der Waals surface area (Å²) in [6.07, 6.45) is 1.35. The number of aryl methyl sites for hydroxylation is 1. The lowest BCUT2D eigenvalue weighted by Crippen LogP contribution is -2.51. The van der Waals surface area contributed by atoms with E-state index in [0.29, 0.717) is 24.6 Å². The zero-order valence-corrected chi connectivity index (χ0v) is 22.2. The average molecular weight is 518 g/mol. The van der Waals surface area contributed by atoms with E-state index in [2.05, 4.69) is 35.1 Å². The van der Waals surface area contributed by atoms with Crippen LogP contribution < -0.4 is 10.1 Å². The molecule has 180 valence electrons. The molecule has 0 radical (unpaired) electrons. The quantitative estimate of drug-likeness (QED) is 0.399. The van der Waals surface area contributed by atoms with E-state index in [0.717, 1.165) is 22.0 Å². The zero-order valence-electron chi connectivity index (χ0n) is 20.7. The van der Waals surface area contributed by atoms with Crippen LogP contribution in [0.15, 0.2) is 46.9 Å². The molecule has 1 N–H and O–H groups in total. The van der Waals surface area contributed by atoms with E-state index >= 15 is 0 Å². The monoisotopic (exact) mass is 516 g/mol. The number of nitrogens with zero attached hydrogens (tertiary/aromatic N) is 1. The molecule has 0 aromatic heterocycles. The Hall–Kier alpha value is -2.34. The lowest BCUT2D eigenvalue weighted by molar-refractivity contribution is -0.143. The summed E-state index contributed by atoms with van der Waals surface area (Å²) in [4.78, 5) is 28.1. The third-order valence-electron chi connectivity index (χ3n) is 5.96. The first kappa shape index (κ1) is 26.9. The van der Waals surface area contributed by atoms with Crippen LogP contribution in [0.2, 0.25) is 0 Å². The number of carbonyl (C=O) groups excluding carboxylic acids is 2. The summed E-state index contributed by atoms with van der Waals surface area (Å²) < 4.78 is 6.70. The Morgan fingerprint density at radius 2 is 1.76 bits per heavy atom. The maximum Gasteiger partial charge on any atom is 0.261 e. The van der Waals surface area contributed by atoms with Gasteiger partial charge in [-0.1, -0.05) is 58.0 Å². The van der Waals surface area contributed by atoms with Crippen LogP contribution in [0.1, 0.15) is 70.1 Å². The lowest BCUT2D eigenvalue weighted by Gasteiger charge is -2.31. The minimum absolute atomic E-state index is 0.0497. The highest BCUT2D eigenvalue weighted by Gasteiger charge is 2.30. The number of ether oxygens (including phenoxy) is 1. The number of benzene rings is 2. The molecule has 5 nitrogen and oxygen atoms in total. The van der Waals surface area contributed by atoms with Crippen LogP contribution in [0.4, 0.5) is 0 Å². The molecule has 2 atom stereocenters. The number of amides is 2. The molecular weight excluding hydrogens is 480 g/mol. The van der Waals surface area contributed by atoms with Crippen molar-refractivity contribution in [1.82, 2.24) is 10.2 Å². The van der Waals surface area contributed by atoms with Crippen LogP contribution >= 0.6 is 15.9 Å². The Balaban J connectivity index is 2.25. The maximum atomic E-state index is 13.4. The van der Waals surface area contributed by atoms with Crippen LogP contribution in [-0.4, -0.2) is 35.4 Å². The molecule has 0 aliphatic carbocycles. The van der Waals surface area contributed by atoms with Crippen molar-refractivity contribution in [1.29, 1.82) is 0 Å². The molecule has 0 fully saturated rings. The molecule has 0 bridgehead atoms. The fourth-order valence-corrected chi connectivity index (χ4v) is 4.06. The maximum absolute atomic E-state index is 13.4. The second kappa shape index (κ2) is 12.8. The molecule has 2 aromatic rings. The van der Waals surface area contributed by atoms with Crippen molar-refractivity contribution < 1.29 is 14.3 Å². The Bertz CT molecular complexity index is 945. The second-order valence-corrected chi connectivity index (χ2v) is 9.68. The van der Waals surface area contributed by atoms with Crippen molar-refractivity contribution in [3.8, 4) is 5.75 Å². The third-order valence-corrected chi connectivity index (χ3v) is 6.58. The summed E-state index contributed by atoms with van der Waals surface area (Å²) >= 11 is 3.55. The number of carbonyl (C=O) groups is 2. The molecule has 0 saturated heterocycles. The van der Waals surface area contributed by atoms with E-state index in [4.69, 9.17) is 4.74 Å². The number of hydrogen-bond acceptors (Lipinski definition) is 3. The highest BCUT2D eigenvalue weighted by Crippen LogP contribution is 2.29. The largest absolute Gasteiger partial charge is 0.483 e. The van der Waals surface area contributed by atoms with E-state index in [-0.39, 0.29) is 24.5 Å². The Kier molecular flexibility index (Phi) is 10.4. The van der Waals surface area contributed by atoms with Gasteiger partial charge in [-0.05, 0) is 77.4 Å². The summed E-state index contributed by atoms with van der Waals surface area (Å²) in [7, 11) is 0. The van der Waals surface area contributed by atoms with Crippen molar-refractivity contribution in [2.45, 2.75) is 78.9 Å². The van der Waals surface area contributed by atoms with Crippen molar-refractivity contribution in [2.24, 2.45) is 0 Å². The van der Waals surface area contributed by atoms with E-state index in [1.165, 1.54) is 5.56 Å². The Morgan fingerprint density at radius 3 is 2.33 bits per heavy atom. The highest BCUT2D eigenvalue weighted by molar-refractivity contribution is 9.10. The molecule has 6 heteroatoms. The van der Waals surface area contributed by atoms with Crippen molar-refractivity contribution in [3.63, 3.8) is 0 Å². The molecule has 0 saturated carbocycles. The van der Waals surface area contributed by atoms with E-state index in [1.54, 1.807) is 4.90 Å². The van der Waals surface area contributed by atoms with Gasteiger partial charge in [-0.2, -0.15) is 0 Å². The summed E-state index contributed by atoms with van der Waals surface area (Å²) in [5.74, 6) is 0.664. The first-order valence-electron chi connectivity index (χ1n) is 11.7. The van der Waals surface area contributed by atoms with E-state index in [9.17, 15) is 9.59 Å². The van der Waals surface area contributed by atoms with Gasteiger partial charge in [-0.3, -0.25) is 9.59 Å². The smallest absolute Gasteiger partial charge is 0.261 e. The van der Waals surface area contributed by atoms with Gasteiger partial charge in [0.05, 0.1) is 4.47 Å². The molecule has 2 unspecified atom stereocenters. The van der Waals surface area contributed by atoms with Gasteiger partial charge < -0.3 is 15.0 Å². The topological polar surface area (TPSA) is 58.6 Å². The van der Waals surface area contributed by atoms with Crippen LogP contribution in [0.5, 0.6) is 5.75 Å². The van der Waals surface area contributed by atoms with Gasteiger partial charge in [0.15, 0.2) is 6.61 Å². The van der Waals surface area contributed by atoms with Crippen molar-refractivity contribution >= 4 is 27.7 Å². The highest BCUT2D eigenvalue weighted by atomic mass is 79.9. The zero-order chi connectivity index (χ0) is 24.5. The summed E-state index contributed by atoms with van der Waals surface area (Å²) in [6, 6.07) is 13.3. The van der Waals surface area contributed by atoms with Gasteiger partial charge in [0.2, 0.25) is 5.91 Å². The van der Waals surface area contributed by atoms with Gasteiger partial charge in [-0.25, -0.2) is 0 Å². The fourth-order valence-electron chi connectivity index (χ4n) is 3.55. The predicted octanol–water partition coefficient (Wildman–Crippen LogP) is 5.98. The SMILES string of the molecule is CCC(C)NC(=O)C(CC)N(Cc1ccccc1C)C(=O)COc1ccc(C(C)C)cc1Br. The normalized spacial score (nSPS) is 12.8. The van der Waals surface area contributed by atoms with Crippen molar-refractivity contribution in [3.05, 3.63) is 63.6 Å². The first-order chi connectivity index (χ1) is 15.7. The Labute approximate surface area is 207 Å². The van der Waals surface area contributed by atoms with Gasteiger partial charge in [0.25, 0.3) is 5.91 Å². The average Bonchev–Trinajstić information content (AvgIpc) is 2.78. The first-order valence-corrected chi connectivity index (χ1v) is 12.5. The van der Waals surface area contributed by atoms with Gasteiger partial charge in [0.1, 0.15) is 11.8 Å². The number of halogens is 1. The van der Waals surface area contributed by atoms with Crippen LogP contribution in [-0.2, 0) is 16.1 Å². The molecule has 33 heavy (non-hydrogen) atoms. The molecular formula is C27H37BrN2O3. The molecule has 2 aromatic carbocycles. The fraction of sp³-hybridized carbons (Fsp3) is 0.481. The van der Waals surface area contributed by atoms with Crippen molar-refractivity contribution in [2.75, 3.05) is 6.61 Å². The van der Waals surface area contributed by atoms with Gasteiger partial charge >= 0.3 is 0 Å². The second-order valence-electron chi connectivity index (χ2n) is 8.82. The number of nitrogens with one attached hydrogen (secondary N) is 1. The molecule has 0 aliphatic heterocycles. The molecule has 0 spiro atoms. The van der Waals surface area contributed by atoms with Crippen LogP contribution in [0, 0.1) is 6.92 Å². The third kappa shape index (κ3) is 7.60. The van der Waals surface area contributed by atoms with Crippen LogP contribution in [0.25, 0.3) is 0 Å². The summed E-state index contributed by atoms with van der Waals surface area (Å²) in [5.41, 5.74) is 3.29. The minimum atomic E-state index is -0.568. The Morgan fingerprint density at radius 1 is 1.06 bits per heavy atom. The van der Waals surface area contributed by atoms with Crippen LogP contribution in [0.3, 0.4) is 0 Å². The minimum Gasteiger partial charge on any atom is -0.483 e. The molecule has 0 heterocycles. The van der Waals surface area contributed by atoms with E-state index < -0.39 is 6.04 Å². The summed E-state index contributed by atoms with van der Waals surface area (Å²) in [5, 5.41) is 3.03. The summed E-state index contributed by atoms with van der Waals surface area (Å²) in [6.45, 7) is 12.4. The predicted molar refractivity (Wildman–Crippen MR) is 137 cm³/mol.